The molecule has 1 atom stereocenters. The Balaban J connectivity index is 2.14. The standard InChI is InChI=1S/C13H18BrN/c1-9-5-4-6-11(12(9)14)15-10(2)13(3)7-8-13/h4-6,10,15H,7-8H2,1-3H3. The van der Waals surface area contributed by atoms with E-state index in [4.69, 9.17) is 0 Å². The number of hydrogen-bond donors (Lipinski definition) is 1. The molecule has 0 heterocycles. The van der Waals surface area contributed by atoms with Gasteiger partial charge in [0.15, 0.2) is 0 Å². The van der Waals surface area contributed by atoms with Crippen molar-refractivity contribution in [1.82, 2.24) is 0 Å². The zero-order chi connectivity index (χ0) is 11.1. The van der Waals surface area contributed by atoms with E-state index in [0.29, 0.717) is 11.5 Å². The van der Waals surface area contributed by atoms with E-state index in [1.54, 1.807) is 0 Å². The lowest BCUT2D eigenvalue weighted by molar-refractivity contribution is 0.493. The number of hydrogen-bond acceptors (Lipinski definition) is 1. The number of anilines is 1. The number of nitrogens with one attached hydrogen (secondary N) is 1. The molecular weight excluding hydrogens is 250 g/mol. The van der Waals surface area contributed by atoms with Crippen molar-refractivity contribution >= 4 is 21.6 Å². The maximum absolute atomic E-state index is 3.63. The van der Waals surface area contributed by atoms with E-state index in [1.165, 1.54) is 28.6 Å². The third kappa shape index (κ3) is 2.20. The zero-order valence-corrected chi connectivity index (χ0v) is 11.2. The van der Waals surface area contributed by atoms with Gasteiger partial charge in [0, 0.05) is 16.2 Å². The molecule has 0 aliphatic heterocycles. The van der Waals surface area contributed by atoms with Crippen LogP contribution >= 0.6 is 15.9 Å². The molecule has 0 amide bonds. The van der Waals surface area contributed by atoms with Crippen molar-refractivity contribution in [2.75, 3.05) is 5.32 Å². The van der Waals surface area contributed by atoms with Gasteiger partial charge in [0.2, 0.25) is 0 Å². The summed E-state index contributed by atoms with van der Waals surface area (Å²) in [5, 5.41) is 3.61. The molecule has 0 bridgehead atoms. The minimum atomic E-state index is 0.517. The first-order chi connectivity index (χ1) is 7.03. The lowest BCUT2D eigenvalue weighted by Crippen LogP contribution is -2.25. The molecule has 15 heavy (non-hydrogen) atoms. The maximum atomic E-state index is 3.63. The fourth-order valence-corrected chi connectivity index (χ4v) is 2.18. The number of benzene rings is 1. The second-order valence-electron chi connectivity index (χ2n) is 4.96. The molecule has 1 nitrogen and oxygen atoms in total. The van der Waals surface area contributed by atoms with Crippen molar-refractivity contribution in [1.29, 1.82) is 0 Å². The molecule has 1 fully saturated rings. The Morgan fingerprint density at radius 1 is 1.40 bits per heavy atom. The van der Waals surface area contributed by atoms with Gasteiger partial charge in [-0.2, -0.15) is 0 Å². The fraction of sp³-hybridized carbons (Fsp3) is 0.538. The summed E-state index contributed by atoms with van der Waals surface area (Å²) < 4.78 is 1.20. The lowest BCUT2D eigenvalue weighted by Gasteiger charge is -2.22. The summed E-state index contributed by atoms with van der Waals surface area (Å²) in [5.74, 6) is 0. The molecule has 0 saturated heterocycles. The first kappa shape index (κ1) is 11.0. The highest BCUT2D eigenvalue weighted by Crippen LogP contribution is 2.49. The lowest BCUT2D eigenvalue weighted by atomic mass is 10.0. The van der Waals surface area contributed by atoms with Gasteiger partial charge in [-0.3, -0.25) is 0 Å². The quantitative estimate of drug-likeness (QED) is 0.858. The number of aryl methyl sites for hydroxylation is 1. The van der Waals surface area contributed by atoms with Gasteiger partial charge in [-0.15, -0.1) is 0 Å². The van der Waals surface area contributed by atoms with E-state index < -0.39 is 0 Å². The molecule has 1 aromatic carbocycles. The molecule has 1 aromatic rings. The fourth-order valence-electron chi connectivity index (χ4n) is 1.80. The Kier molecular flexibility index (Phi) is 2.80. The highest BCUT2D eigenvalue weighted by Gasteiger charge is 2.42. The minimum absolute atomic E-state index is 0.517. The highest BCUT2D eigenvalue weighted by atomic mass is 79.9. The van der Waals surface area contributed by atoms with Crippen LogP contribution in [0.25, 0.3) is 0 Å². The van der Waals surface area contributed by atoms with Crippen molar-refractivity contribution in [3.05, 3.63) is 28.2 Å². The molecule has 1 N–H and O–H groups in total. The monoisotopic (exact) mass is 267 g/mol. The van der Waals surface area contributed by atoms with E-state index in [-0.39, 0.29) is 0 Å². The molecule has 2 rings (SSSR count). The molecule has 0 radical (unpaired) electrons. The molecule has 0 spiro atoms. The topological polar surface area (TPSA) is 12.0 Å². The Labute approximate surface area is 100 Å². The van der Waals surface area contributed by atoms with Crippen molar-refractivity contribution in [2.24, 2.45) is 5.41 Å². The molecular formula is C13H18BrN. The zero-order valence-electron chi connectivity index (χ0n) is 9.60. The number of rotatable bonds is 3. The van der Waals surface area contributed by atoms with E-state index in [2.05, 4.69) is 60.2 Å². The van der Waals surface area contributed by atoms with Gasteiger partial charge < -0.3 is 5.32 Å². The van der Waals surface area contributed by atoms with Gasteiger partial charge in [0.1, 0.15) is 0 Å². The van der Waals surface area contributed by atoms with Crippen LogP contribution in [0.5, 0.6) is 0 Å². The van der Waals surface area contributed by atoms with Crippen LogP contribution in [-0.4, -0.2) is 6.04 Å². The molecule has 0 aromatic heterocycles. The van der Waals surface area contributed by atoms with E-state index in [9.17, 15) is 0 Å². The van der Waals surface area contributed by atoms with E-state index in [1.807, 2.05) is 0 Å². The predicted molar refractivity (Wildman–Crippen MR) is 69.3 cm³/mol. The Morgan fingerprint density at radius 3 is 2.67 bits per heavy atom. The summed E-state index contributed by atoms with van der Waals surface area (Å²) in [4.78, 5) is 0. The minimum Gasteiger partial charge on any atom is -0.381 e. The van der Waals surface area contributed by atoms with Gasteiger partial charge >= 0.3 is 0 Å². The van der Waals surface area contributed by atoms with Crippen molar-refractivity contribution in [2.45, 2.75) is 39.7 Å². The summed E-state index contributed by atoms with van der Waals surface area (Å²) in [6.45, 7) is 6.76. The van der Waals surface area contributed by atoms with Gasteiger partial charge in [0.25, 0.3) is 0 Å². The Bertz CT molecular complexity index is 369. The van der Waals surface area contributed by atoms with Crippen molar-refractivity contribution < 1.29 is 0 Å². The predicted octanol–water partition coefficient (Wildman–Crippen LogP) is 4.36. The third-order valence-corrected chi connectivity index (χ3v) is 4.70. The van der Waals surface area contributed by atoms with Crippen LogP contribution in [0.3, 0.4) is 0 Å². The summed E-state index contributed by atoms with van der Waals surface area (Å²) in [6, 6.07) is 6.92. The number of halogens is 1. The third-order valence-electron chi connectivity index (χ3n) is 3.65. The first-order valence-electron chi connectivity index (χ1n) is 5.54. The van der Waals surface area contributed by atoms with Crippen molar-refractivity contribution in [3.63, 3.8) is 0 Å². The van der Waals surface area contributed by atoms with Gasteiger partial charge in [0.05, 0.1) is 0 Å². The SMILES string of the molecule is Cc1cccc(NC(C)C2(C)CC2)c1Br. The summed E-state index contributed by atoms with van der Waals surface area (Å²) >= 11 is 3.63. The van der Waals surface area contributed by atoms with E-state index >= 15 is 0 Å². The van der Waals surface area contributed by atoms with Crippen LogP contribution in [-0.2, 0) is 0 Å². The second kappa shape index (κ2) is 3.82. The Hall–Kier alpha value is -0.500. The van der Waals surface area contributed by atoms with E-state index in [0.717, 1.165) is 0 Å². The molecule has 1 aliphatic rings. The van der Waals surface area contributed by atoms with Crippen LogP contribution in [0.4, 0.5) is 5.69 Å². The van der Waals surface area contributed by atoms with Crippen LogP contribution in [0.1, 0.15) is 32.3 Å². The average molecular weight is 268 g/mol. The molecule has 1 aliphatic carbocycles. The molecule has 2 heteroatoms. The summed E-state index contributed by atoms with van der Waals surface area (Å²) in [5.41, 5.74) is 3.02. The highest BCUT2D eigenvalue weighted by molar-refractivity contribution is 9.10. The van der Waals surface area contributed by atoms with Crippen molar-refractivity contribution in [3.8, 4) is 0 Å². The second-order valence-corrected chi connectivity index (χ2v) is 5.75. The largest absolute Gasteiger partial charge is 0.381 e. The first-order valence-corrected chi connectivity index (χ1v) is 6.34. The molecule has 82 valence electrons. The normalized spacial score (nSPS) is 19.7. The van der Waals surface area contributed by atoms with Gasteiger partial charge in [-0.05, 0) is 59.7 Å². The summed E-state index contributed by atoms with van der Waals surface area (Å²) in [6.07, 6.45) is 2.70. The maximum Gasteiger partial charge on any atom is 0.0489 e. The summed E-state index contributed by atoms with van der Waals surface area (Å²) in [7, 11) is 0. The average Bonchev–Trinajstić information content (AvgIpc) is 2.93. The van der Waals surface area contributed by atoms with Gasteiger partial charge in [-0.25, -0.2) is 0 Å². The molecule has 1 saturated carbocycles. The molecule has 1 unspecified atom stereocenters. The van der Waals surface area contributed by atoms with Crippen LogP contribution in [0, 0.1) is 12.3 Å². The Morgan fingerprint density at radius 2 is 2.07 bits per heavy atom. The van der Waals surface area contributed by atoms with Gasteiger partial charge in [-0.1, -0.05) is 19.1 Å². The smallest absolute Gasteiger partial charge is 0.0489 e. The van der Waals surface area contributed by atoms with Crippen LogP contribution in [0.15, 0.2) is 22.7 Å². The van der Waals surface area contributed by atoms with Crippen LogP contribution < -0.4 is 5.32 Å². The van der Waals surface area contributed by atoms with Crippen LogP contribution in [0.2, 0.25) is 0 Å².